The molecule has 1 N–H and O–H groups in total. The van der Waals surface area contributed by atoms with Crippen molar-refractivity contribution in [2.24, 2.45) is 11.8 Å². The first-order chi connectivity index (χ1) is 8.15. The summed E-state index contributed by atoms with van der Waals surface area (Å²) in [5, 5.41) is 3.57. The van der Waals surface area contributed by atoms with Crippen LogP contribution in [0.2, 0.25) is 0 Å². The molecule has 0 aliphatic heterocycles. The fraction of sp³-hybridized carbons (Fsp3) is 0.600. The van der Waals surface area contributed by atoms with Gasteiger partial charge in [-0.15, -0.1) is 0 Å². The lowest BCUT2D eigenvalue weighted by Crippen LogP contribution is -2.20. The van der Waals surface area contributed by atoms with Gasteiger partial charge in [0, 0.05) is 16.7 Å². The van der Waals surface area contributed by atoms with Gasteiger partial charge in [-0.3, -0.25) is 0 Å². The van der Waals surface area contributed by atoms with E-state index in [1.54, 1.807) is 0 Å². The Morgan fingerprint density at radius 1 is 1.35 bits per heavy atom. The summed E-state index contributed by atoms with van der Waals surface area (Å²) >= 11 is 3.58. The van der Waals surface area contributed by atoms with Crippen LogP contribution >= 0.6 is 15.9 Å². The Bertz CT molecular complexity index is 375. The fourth-order valence-corrected chi connectivity index (χ4v) is 3.09. The van der Waals surface area contributed by atoms with E-state index in [4.69, 9.17) is 0 Å². The highest BCUT2D eigenvalue weighted by molar-refractivity contribution is 9.10. The van der Waals surface area contributed by atoms with Crippen LogP contribution in [-0.2, 0) is 0 Å². The summed E-state index contributed by atoms with van der Waals surface area (Å²) in [6.45, 7) is 5.63. The van der Waals surface area contributed by atoms with Crippen LogP contribution in [-0.4, -0.2) is 6.54 Å². The van der Waals surface area contributed by atoms with E-state index in [2.05, 4.69) is 53.3 Å². The van der Waals surface area contributed by atoms with Gasteiger partial charge in [-0.2, -0.15) is 0 Å². The Morgan fingerprint density at radius 3 is 2.88 bits per heavy atom. The summed E-state index contributed by atoms with van der Waals surface area (Å²) in [5.41, 5.74) is 2.53. The van der Waals surface area contributed by atoms with Gasteiger partial charge in [0.15, 0.2) is 0 Å². The standard InChI is InChI=1S/C15H22BrN/c1-11-4-3-5-13(8-11)10-17-14-7-6-12(2)15(16)9-14/h6-7,9,11,13,17H,3-5,8,10H2,1-2H3. The third-order valence-corrected chi connectivity index (χ3v) is 4.67. The quantitative estimate of drug-likeness (QED) is 0.828. The van der Waals surface area contributed by atoms with Crippen LogP contribution in [0.15, 0.2) is 22.7 Å². The minimum atomic E-state index is 0.860. The van der Waals surface area contributed by atoms with Crippen LogP contribution in [0.4, 0.5) is 5.69 Å². The predicted molar refractivity (Wildman–Crippen MR) is 78.5 cm³/mol. The van der Waals surface area contributed by atoms with Crippen LogP contribution < -0.4 is 5.32 Å². The maximum absolute atomic E-state index is 3.58. The van der Waals surface area contributed by atoms with Crippen molar-refractivity contribution in [1.82, 2.24) is 0 Å². The second-order valence-electron chi connectivity index (χ2n) is 5.48. The van der Waals surface area contributed by atoms with Crippen LogP contribution in [0.25, 0.3) is 0 Å². The number of halogens is 1. The molecule has 0 radical (unpaired) electrons. The van der Waals surface area contributed by atoms with E-state index >= 15 is 0 Å². The maximum atomic E-state index is 3.58. The number of hydrogen-bond donors (Lipinski definition) is 1. The molecule has 1 fully saturated rings. The van der Waals surface area contributed by atoms with Crippen molar-refractivity contribution in [1.29, 1.82) is 0 Å². The largest absolute Gasteiger partial charge is 0.385 e. The lowest BCUT2D eigenvalue weighted by atomic mass is 9.82. The Kier molecular flexibility index (Phi) is 4.49. The molecule has 0 saturated heterocycles. The molecular weight excluding hydrogens is 274 g/mol. The average molecular weight is 296 g/mol. The zero-order valence-corrected chi connectivity index (χ0v) is 12.4. The lowest BCUT2D eigenvalue weighted by molar-refractivity contribution is 0.293. The molecule has 2 heteroatoms. The van der Waals surface area contributed by atoms with E-state index in [1.807, 2.05) is 0 Å². The number of hydrogen-bond acceptors (Lipinski definition) is 1. The Hall–Kier alpha value is -0.500. The normalized spacial score (nSPS) is 24.6. The molecule has 2 rings (SSSR count). The van der Waals surface area contributed by atoms with E-state index in [1.165, 1.54) is 41.4 Å². The molecule has 1 nitrogen and oxygen atoms in total. The SMILES string of the molecule is Cc1ccc(NCC2CCCC(C)C2)cc1Br. The monoisotopic (exact) mass is 295 g/mol. The molecule has 94 valence electrons. The highest BCUT2D eigenvalue weighted by Crippen LogP contribution is 2.29. The third-order valence-electron chi connectivity index (χ3n) is 3.81. The van der Waals surface area contributed by atoms with Crippen molar-refractivity contribution < 1.29 is 0 Å². The molecular formula is C15H22BrN. The third kappa shape index (κ3) is 3.74. The molecule has 2 atom stereocenters. The van der Waals surface area contributed by atoms with E-state index in [-0.39, 0.29) is 0 Å². The van der Waals surface area contributed by atoms with Crippen LogP contribution in [0, 0.1) is 18.8 Å². The van der Waals surface area contributed by atoms with E-state index in [9.17, 15) is 0 Å². The topological polar surface area (TPSA) is 12.0 Å². The van der Waals surface area contributed by atoms with Gasteiger partial charge in [0.05, 0.1) is 0 Å². The minimum absolute atomic E-state index is 0.860. The number of rotatable bonds is 3. The van der Waals surface area contributed by atoms with Crippen LogP contribution in [0.3, 0.4) is 0 Å². The molecule has 1 aromatic carbocycles. The molecule has 1 saturated carbocycles. The zero-order valence-electron chi connectivity index (χ0n) is 10.8. The molecule has 17 heavy (non-hydrogen) atoms. The van der Waals surface area contributed by atoms with Gasteiger partial charge in [0.1, 0.15) is 0 Å². The van der Waals surface area contributed by atoms with Crippen molar-refractivity contribution in [3.63, 3.8) is 0 Å². The van der Waals surface area contributed by atoms with Gasteiger partial charge < -0.3 is 5.32 Å². The van der Waals surface area contributed by atoms with Crippen molar-refractivity contribution in [2.45, 2.75) is 39.5 Å². The number of benzene rings is 1. The molecule has 2 unspecified atom stereocenters. The number of aryl methyl sites for hydroxylation is 1. The van der Waals surface area contributed by atoms with Gasteiger partial charge in [0.25, 0.3) is 0 Å². The van der Waals surface area contributed by atoms with Gasteiger partial charge >= 0.3 is 0 Å². The first-order valence-corrected chi connectivity index (χ1v) is 7.44. The van der Waals surface area contributed by atoms with E-state index < -0.39 is 0 Å². The fourth-order valence-electron chi connectivity index (χ4n) is 2.71. The molecule has 0 aromatic heterocycles. The molecule has 0 bridgehead atoms. The average Bonchev–Trinajstić information content (AvgIpc) is 2.31. The summed E-state index contributed by atoms with van der Waals surface area (Å²) < 4.78 is 1.19. The van der Waals surface area contributed by atoms with E-state index in [0.717, 1.165) is 18.4 Å². The first kappa shape index (κ1) is 12.9. The molecule has 0 heterocycles. The van der Waals surface area contributed by atoms with Crippen molar-refractivity contribution >= 4 is 21.6 Å². The Morgan fingerprint density at radius 2 is 2.18 bits per heavy atom. The second kappa shape index (κ2) is 5.90. The maximum Gasteiger partial charge on any atom is 0.0351 e. The van der Waals surface area contributed by atoms with Gasteiger partial charge in [0.2, 0.25) is 0 Å². The molecule has 0 spiro atoms. The van der Waals surface area contributed by atoms with Crippen LogP contribution in [0.1, 0.15) is 38.2 Å². The van der Waals surface area contributed by atoms with Crippen molar-refractivity contribution in [2.75, 3.05) is 11.9 Å². The van der Waals surface area contributed by atoms with Gasteiger partial charge in [-0.1, -0.05) is 41.8 Å². The predicted octanol–water partition coefficient (Wildman–Crippen LogP) is 5.00. The summed E-state index contributed by atoms with van der Waals surface area (Å²) in [6.07, 6.45) is 5.61. The summed E-state index contributed by atoms with van der Waals surface area (Å²) in [7, 11) is 0. The smallest absolute Gasteiger partial charge is 0.0351 e. The Labute approximate surface area is 113 Å². The minimum Gasteiger partial charge on any atom is -0.385 e. The lowest BCUT2D eigenvalue weighted by Gasteiger charge is -2.27. The highest BCUT2D eigenvalue weighted by atomic mass is 79.9. The Balaban J connectivity index is 1.86. The number of nitrogens with one attached hydrogen (secondary N) is 1. The number of anilines is 1. The molecule has 1 aliphatic carbocycles. The molecule has 1 aromatic rings. The van der Waals surface area contributed by atoms with Crippen LogP contribution in [0.5, 0.6) is 0 Å². The van der Waals surface area contributed by atoms with Gasteiger partial charge in [-0.05, 0) is 49.3 Å². The highest BCUT2D eigenvalue weighted by Gasteiger charge is 2.18. The van der Waals surface area contributed by atoms with Crippen molar-refractivity contribution in [3.8, 4) is 0 Å². The van der Waals surface area contributed by atoms with Crippen molar-refractivity contribution in [3.05, 3.63) is 28.2 Å². The zero-order chi connectivity index (χ0) is 12.3. The van der Waals surface area contributed by atoms with Gasteiger partial charge in [-0.25, -0.2) is 0 Å². The second-order valence-corrected chi connectivity index (χ2v) is 6.34. The first-order valence-electron chi connectivity index (χ1n) is 6.65. The summed E-state index contributed by atoms with van der Waals surface area (Å²) in [5.74, 6) is 1.78. The summed E-state index contributed by atoms with van der Waals surface area (Å²) in [4.78, 5) is 0. The molecule has 1 aliphatic rings. The molecule has 0 amide bonds. The van der Waals surface area contributed by atoms with E-state index in [0.29, 0.717) is 0 Å². The summed E-state index contributed by atoms with van der Waals surface area (Å²) in [6, 6.07) is 6.52.